The van der Waals surface area contributed by atoms with Gasteiger partial charge in [-0.3, -0.25) is 4.79 Å². The largest absolute Gasteiger partial charge is 0.311 e. The average molecular weight is 295 g/mol. The second-order valence-corrected chi connectivity index (χ2v) is 8.35. The van der Waals surface area contributed by atoms with Gasteiger partial charge in [-0.1, -0.05) is 13.3 Å². The lowest BCUT2D eigenvalue weighted by atomic mass is 10.1. The van der Waals surface area contributed by atoms with E-state index < -0.39 is 10.1 Å². The molecule has 0 saturated carbocycles. The van der Waals surface area contributed by atoms with Gasteiger partial charge in [0.1, 0.15) is 17.3 Å². The normalized spacial score (nSPS) is 17.2. The van der Waals surface area contributed by atoms with Gasteiger partial charge in [-0.2, -0.15) is 8.42 Å². The minimum atomic E-state index is -3.34. The van der Waals surface area contributed by atoms with Crippen molar-refractivity contribution in [2.75, 3.05) is 17.3 Å². The van der Waals surface area contributed by atoms with E-state index in [2.05, 4.69) is 0 Å². The number of hydrogen-bond donors (Lipinski definition) is 0. The second kappa shape index (κ2) is 8.17. The van der Waals surface area contributed by atoms with E-state index in [4.69, 9.17) is 3.63 Å². The van der Waals surface area contributed by atoms with Crippen LogP contribution in [0.1, 0.15) is 51.9 Å². The summed E-state index contributed by atoms with van der Waals surface area (Å²) < 4.78 is 28.5. The second-order valence-electron chi connectivity index (χ2n) is 4.59. The highest BCUT2D eigenvalue weighted by Gasteiger charge is 2.32. The smallest absolute Gasteiger partial charge is 0.300 e. The minimum absolute atomic E-state index is 0.0941. The number of carbonyl (C=O) groups is 1. The van der Waals surface area contributed by atoms with Crippen LogP contribution in [-0.4, -0.2) is 31.5 Å². The molecular weight excluding hydrogens is 272 g/mol. The van der Waals surface area contributed by atoms with E-state index in [1.807, 2.05) is 6.92 Å². The number of Topliss-reactive ketones (excluding diaryl/α,β-unsaturated/α-hetero) is 1. The molecule has 0 aromatic heterocycles. The summed E-state index contributed by atoms with van der Waals surface area (Å²) in [6.45, 7) is 1.85. The number of ketones is 1. The van der Waals surface area contributed by atoms with Gasteiger partial charge < -0.3 is 0 Å². The van der Waals surface area contributed by atoms with Gasteiger partial charge in [-0.05, 0) is 29.3 Å². The molecule has 1 heterocycles. The molecule has 0 spiro atoms. The highest BCUT2D eigenvalue weighted by Crippen LogP contribution is 2.18. The molecule has 0 amide bonds. The fourth-order valence-corrected chi connectivity index (χ4v) is 5.63. The SMILES string of the molecule is CCC(=O)CCCCCS(=O)(=O)O[S+]1CCCC1. The number of carbonyl (C=O) groups excluding carboxylic acids is 1. The van der Waals surface area contributed by atoms with Crippen LogP contribution in [0.25, 0.3) is 0 Å². The van der Waals surface area contributed by atoms with Crippen molar-refractivity contribution >= 4 is 27.1 Å². The standard InChI is InChI=1S/C12H23O4S2/c1-2-12(13)8-4-3-7-11-18(14,15)16-17-9-5-6-10-17/h2-11H2,1H3/q+1. The summed E-state index contributed by atoms with van der Waals surface area (Å²) >= 11 is -0.355. The van der Waals surface area contributed by atoms with E-state index >= 15 is 0 Å². The van der Waals surface area contributed by atoms with E-state index in [-0.39, 0.29) is 22.7 Å². The molecule has 0 N–H and O–H groups in total. The van der Waals surface area contributed by atoms with Gasteiger partial charge in [0.2, 0.25) is 0 Å². The van der Waals surface area contributed by atoms with Crippen molar-refractivity contribution in [3.8, 4) is 0 Å². The van der Waals surface area contributed by atoms with E-state index in [0.717, 1.165) is 37.2 Å². The Labute approximate surface area is 113 Å². The minimum Gasteiger partial charge on any atom is -0.300 e. The maximum atomic E-state index is 11.7. The fraction of sp³-hybridized carbons (Fsp3) is 0.917. The zero-order valence-corrected chi connectivity index (χ0v) is 12.7. The first-order chi connectivity index (χ1) is 8.53. The van der Waals surface area contributed by atoms with Crippen molar-refractivity contribution in [1.29, 1.82) is 0 Å². The first-order valence-electron chi connectivity index (χ1n) is 6.65. The fourth-order valence-electron chi connectivity index (χ4n) is 1.83. The summed E-state index contributed by atoms with van der Waals surface area (Å²) in [6.07, 6.45) is 5.47. The lowest BCUT2D eigenvalue weighted by molar-refractivity contribution is -0.118. The maximum Gasteiger partial charge on any atom is 0.311 e. The molecule has 6 heteroatoms. The third-order valence-electron chi connectivity index (χ3n) is 2.94. The van der Waals surface area contributed by atoms with Gasteiger partial charge in [0.25, 0.3) is 0 Å². The lowest BCUT2D eigenvalue weighted by Crippen LogP contribution is -2.18. The third-order valence-corrected chi connectivity index (χ3v) is 6.81. The van der Waals surface area contributed by atoms with Gasteiger partial charge >= 0.3 is 10.1 Å². The summed E-state index contributed by atoms with van der Waals surface area (Å²) in [5, 5.41) is 0. The summed E-state index contributed by atoms with van der Waals surface area (Å²) in [7, 11) is -3.34. The predicted molar refractivity (Wildman–Crippen MR) is 75.0 cm³/mol. The van der Waals surface area contributed by atoms with E-state index in [0.29, 0.717) is 19.3 Å². The number of unbranched alkanes of at least 4 members (excludes halogenated alkanes) is 2. The van der Waals surface area contributed by atoms with Crippen LogP contribution in [0.3, 0.4) is 0 Å². The summed E-state index contributed by atoms with van der Waals surface area (Å²) in [5.41, 5.74) is 0. The Balaban J connectivity index is 2.11. The molecule has 0 aliphatic carbocycles. The third kappa shape index (κ3) is 6.75. The molecule has 1 fully saturated rings. The topological polar surface area (TPSA) is 60.4 Å². The Hall–Kier alpha value is -0.0700. The van der Waals surface area contributed by atoms with Gasteiger partial charge in [0.15, 0.2) is 11.2 Å². The van der Waals surface area contributed by atoms with Gasteiger partial charge in [-0.15, -0.1) is 0 Å². The van der Waals surface area contributed by atoms with Crippen LogP contribution in [0.2, 0.25) is 0 Å². The molecular formula is C12H23O4S2+. The molecule has 1 aliphatic rings. The quantitative estimate of drug-likeness (QED) is 0.483. The molecule has 0 aromatic carbocycles. The Morgan fingerprint density at radius 2 is 1.83 bits per heavy atom. The zero-order valence-electron chi connectivity index (χ0n) is 11.0. The van der Waals surface area contributed by atoms with Crippen molar-refractivity contribution in [3.05, 3.63) is 0 Å². The van der Waals surface area contributed by atoms with Crippen LogP contribution in [0.4, 0.5) is 0 Å². The first-order valence-corrected chi connectivity index (χ1v) is 9.72. The van der Waals surface area contributed by atoms with Gasteiger partial charge in [0.05, 0.1) is 5.75 Å². The lowest BCUT2D eigenvalue weighted by Gasteiger charge is -2.02. The Morgan fingerprint density at radius 3 is 2.44 bits per heavy atom. The van der Waals surface area contributed by atoms with Crippen LogP contribution in [0, 0.1) is 0 Å². The predicted octanol–water partition coefficient (Wildman–Crippen LogP) is 2.20. The van der Waals surface area contributed by atoms with Crippen LogP contribution in [0.5, 0.6) is 0 Å². The Morgan fingerprint density at radius 1 is 1.17 bits per heavy atom. The van der Waals surface area contributed by atoms with Crippen molar-refractivity contribution in [1.82, 2.24) is 0 Å². The van der Waals surface area contributed by atoms with Crippen molar-refractivity contribution in [2.45, 2.75) is 51.9 Å². The van der Waals surface area contributed by atoms with Crippen LogP contribution >= 0.6 is 0 Å². The molecule has 0 unspecified atom stereocenters. The zero-order chi connectivity index (χ0) is 13.4. The highest BCUT2D eigenvalue weighted by atomic mass is 32.3. The Bertz CT molecular complexity index is 345. The molecule has 4 nitrogen and oxygen atoms in total. The van der Waals surface area contributed by atoms with E-state index in [9.17, 15) is 13.2 Å². The van der Waals surface area contributed by atoms with Crippen molar-refractivity contribution in [2.24, 2.45) is 0 Å². The molecule has 18 heavy (non-hydrogen) atoms. The van der Waals surface area contributed by atoms with E-state index in [1.54, 1.807) is 0 Å². The van der Waals surface area contributed by atoms with E-state index in [1.165, 1.54) is 0 Å². The maximum absolute atomic E-state index is 11.7. The molecule has 1 saturated heterocycles. The summed E-state index contributed by atoms with van der Waals surface area (Å²) in [6, 6.07) is 0. The molecule has 106 valence electrons. The first kappa shape index (κ1) is 16.0. The van der Waals surface area contributed by atoms with Crippen molar-refractivity contribution in [3.63, 3.8) is 0 Å². The number of hydrogen-bond acceptors (Lipinski definition) is 4. The molecule has 1 rings (SSSR count). The summed E-state index contributed by atoms with van der Waals surface area (Å²) in [5.74, 6) is 2.13. The molecule has 0 aromatic rings. The average Bonchev–Trinajstić information content (AvgIpc) is 2.80. The molecule has 1 aliphatic heterocycles. The molecule has 0 bridgehead atoms. The Kier molecular flexibility index (Phi) is 7.26. The monoisotopic (exact) mass is 295 g/mol. The summed E-state index contributed by atoms with van der Waals surface area (Å²) in [4.78, 5) is 11.1. The van der Waals surface area contributed by atoms with Gasteiger partial charge in [0, 0.05) is 12.8 Å². The van der Waals surface area contributed by atoms with Crippen LogP contribution in [-0.2, 0) is 29.7 Å². The molecule has 0 atom stereocenters. The highest BCUT2D eigenvalue weighted by molar-refractivity contribution is 8.02. The van der Waals surface area contributed by atoms with Crippen LogP contribution < -0.4 is 0 Å². The molecule has 0 radical (unpaired) electrons. The van der Waals surface area contributed by atoms with Crippen molar-refractivity contribution < 1.29 is 16.8 Å². The van der Waals surface area contributed by atoms with Gasteiger partial charge in [-0.25, -0.2) is 0 Å². The van der Waals surface area contributed by atoms with Crippen LogP contribution in [0.15, 0.2) is 0 Å². The number of rotatable bonds is 9.